The van der Waals surface area contributed by atoms with Gasteiger partial charge in [-0.25, -0.2) is 0 Å². The Balaban J connectivity index is 1.87. The van der Waals surface area contributed by atoms with Gasteiger partial charge in [-0.2, -0.15) is 0 Å². The fourth-order valence-electron chi connectivity index (χ4n) is 2.43. The Morgan fingerprint density at radius 3 is 2.68 bits per heavy atom. The van der Waals surface area contributed by atoms with Gasteiger partial charge in [0.2, 0.25) is 6.29 Å². The zero-order chi connectivity index (χ0) is 15.9. The standard InChI is InChI=1S/C14H16BrNO6/c15-14(6-17)12(20)10(18)11(19)13(22-14)21-9-5-16-8-4-2-1-3-7(8)9/h1-5,10-13,16-20H,6H2/t10-,11-,12-,13-,14-/m1/s1. The number of benzene rings is 1. The molecule has 0 spiro atoms. The van der Waals surface area contributed by atoms with Gasteiger partial charge in [0.05, 0.1) is 6.61 Å². The van der Waals surface area contributed by atoms with E-state index in [0.717, 1.165) is 10.9 Å². The van der Waals surface area contributed by atoms with Gasteiger partial charge in [0.15, 0.2) is 4.51 Å². The molecule has 1 aromatic carbocycles. The average molecular weight is 374 g/mol. The van der Waals surface area contributed by atoms with Crippen LogP contribution in [0, 0.1) is 0 Å². The number of aromatic amines is 1. The van der Waals surface area contributed by atoms with Crippen LogP contribution in [0.1, 0.15) is 0 Å². The van der Waals surface area contributed by atoms with E-state index in [2.05, 4.69) is 20.9 Å². The Morgan fingerprint density at radius 2 is 1.95 bits per heavy atom. The van der Waals surface area contributed by atoms with E-state index >= 15 is 0 Å². The molecule has 1 aliphatic heterocycles. The van der Waals surface area contributed by atoms with Crippen molar-refractivity contribution in [1.82, 2.24) is 4.98 Å². The summed E-state index contributed by atoms with van der Waals surface area (Å²) in [6.07, 6.45) is -4.16. The molecule has 0 unspecified atom stereocenters. The lowest BCUT2D eigenvalue weighted by molar-refractivity contribution is -0.287. The van der Waals surface area contributed by atoms with Gasteiger partial charge in [-0.15, -0.1) is 0 Å². The molecule has 1 fully saturated rings. The third-order valence-corrected chi connectivity index (χ3v) is 4.62. The Hall–Kier alpha value is -1.16. The number of fused-ring (bicyclic) bond motifs is 1. The minimum absolute atomic E-state index is 0.427. The number of ether oxygens (including phenoxy) is 2. The van der Waals surface area contributed by atoms with Gasteiger partial charge >= 0.3 is 0 Å². The summed E-state index contributed by atoms with van der Waals surface area (Å²) in [6, 6.07) is 7.39. The van der Waals surface area contributed by atoms with Crippen LogP contribution >= 0.6 is 15.9 Å². The predicted octanol–water partition coefficient (Wildman–Crippen LogP) is 0.0692. The number of halogens is 1. The molecule has 3 rings (SSSR count). The largest absolute Gasteiger partial charge is 0.460 e. The molecular weight excluding hydrogens is 358 g/mol. The highest BCUT2D eigenvalue weighted by Crippen LogP contribution is 2.36. The molecule has 0 radical (unpaired) electrons. The number of aromatic nitrogens is 1. The minimum atomic E-state index is -1.61. The summed E-state index contributed by atoms with van der Waals surface area (Å²) in [4.78, 5) is 3.01. The quantitative estimate of drug-likeness (QED) is 0.486. The number of H-pyrrole nitrogens is 1. The topological polar surface area (TPSA) is 115 Å². The first-order valence-corrected chi connectivity index (χ1v) is 7.50. The van der Waals surface area contributed by atoms with Crippen LogP contribution in [-0.2, 0) is 4.74 Å². The van der Waals surface area contributed by atoms with Crippen molar-refractivity contribution in [1.29, 1.82) is 0 Å². The zero-order valence-corrected chi connectivity index (χ0v) is 13.0. The van der Waals surface area contributed by atoms with Crippen molar-refractivity contribution in [3.63, 3.8) is 0 Å². The molecule has 5 atom stereocenters. The molecule has 2 aromatic rings. The van der Waals surface area contributed by atoms with Crippen LogP contribution in [0.3, 0.4) is 0 Å². The smallest absolute Gasteiger partial charge is 0.230 e. The third-order valence-electron chi connectivity index (χ3n) is 3.72. The molecule has 0 saturated carbocycles. The van der Waals surface area contributed by atoms with Crippen molar-refractivity contribution in [3.05, 3.63) is 30.5 Å². The van der Waals surface area contributed by atoms with Gasteiger partial charge in [-0.3, -0.25) is 0 Å². The van der Waals surface area contributed by atoms with E-state index in [4.69, 9.17) is 9.47 Å². The van der Waals surface area contributed by atoms with Gasteiger partial charge in [0, 0.05) is 17.1 Å². The maximum Gasteiger partial charge on any atom is 0.230 e. The Bertz CT molecular complexity index is 664. The van der Waals surface area contributed by atoms with Crippen LogP contribution < -0.4 is 4.74 Å². The van der Waals surface area contributed by atoms with Gasteiger partial charge in [-0.05, 0) is 28.1 Å². The van der Waals surface area contributed by atoms with Crippen LogP contribution in [0.5, 0.6) is 5.75 Å². The number of aliphatic hydroxyl groups excluding tert-OH is 4. The highest BCUT2D eigenvalue weighted by Gasteiger charge is 2.53. The molecule has 22 heavy (non-hydrogen) atoms. The van der Waals surface area contributed by atoms with Crippen LogP contribution in [0.15, 0.2) is 30.5 Å². The van der Waals surface area contributed by atoms with E-state index in [1.807, 2.05) is 24.3 Å². The lowest BCUT2D eigenvalue weighted by Gasteiger charge is -2.44. The highest BCUT2D eigenvalue weighted by molar-refractivity contribution is 9.10. The number of nitrogens with one attached hydrogen (secondary N) is 1. The lowest BCUT2D eigenvalue weighted by atomic mass is 9.99. The number of hydrogen-bond donors (Lipinski definition) is 5. The molecule has 5 N–H and O–H groups in total. The monoisotopic (exact) mass is 373 g/mol. The van der Waals surface area contributed by atoms with Crippen molar-refractivity contribution < 1.29 is 29.9 Å². The summed E-state index contributed by atoms with van der Waals surface area (Å²) in [5.74, 6) is 0.427. The molecule has 2 heterocycles. The van der Waals surface area contributed by atoms with Crippen molar-refractivity contribution in [2.75, 3.05) is 6.61 Å². The van der Waals surface area contributed by atoms with Crippen LogP contribution in [0.4, 0.5) is 0 Å². The second-order valence-electron chi connectivity index (χ2n) is 5.17. The van der Waals surface area contributed by atoms with Crippen molar-refractivity contribution >= 4 is 26.8 Å². The maximum absolute atomic E-state index is 10.0. The molecule has 1 aromatic heterocycles. The number of hydrogen-bond acceptors (Lipinski definition) is 6. The molecule has 120 valence electrons. The number of aliphatic hydroxyl groups is 4. The second kappa shape index (κ2) is 5.80. The highest BCUT2D eigenvalue weighted by atomic mass is 79.9. The Morgan fingerprint density at radius 1 is 1.23 bits per heavy atom. The fourth-order valence-corrected chi connectivity index (χ4v) is 2.88. The summed E-state index contributed by atoms with van der Waals surface area (Å²) in [5, 5.41) is 40.0. The van der Waals surface area contributed by atoms with Crippen LogP contribution in [0.25, 0.3) is 10.9 Å². The molecule has 7 nitrogen and oxygen atoms in total. The first kappa shape index (κ1) is 15.7. The first-order chi connectivity index (χ1) is 10.5. The van der Waals surface area contributed by atoms with E-state index < -0.39 is 35.7 Å². The molecule has 1 saturated heterocycles. The van der Waals surface area contributed by atoms with Gasteiger partial charge < -0.3 is 34.9 Å². The van der Waals surface area contributed by atoms with Gasteiger partial charge in [-0.1, -0.05) is 12.1 Å². The predicted molar refractivity (Wildman–Crippen MR) is 80.6 cm³/mol. The first-order valence-electron chi connectivity index (χ1n) is 6.71. The SMILES string of the molecule is OC[C@@]1(Br)O[C@@H](Oc2c[nH]c3ccccc23)[C@H](O)[C@@H](O)[C@H]1O. The van der Waals surface area contributed by atoms with Crippen LogP contribution in [-0.4, -0.2) is 61.1 Å². The summed E-state index contributed by atoms with van der Waals surface area (Å²) in [7, 11) is 0. The van der Waals surface area contributed by atoms with E-state index in [1.54, 1.807) is 6.20 Å². The van der Waals surface area contributed by atoms with Crippen molar-refractivity contribution in [2.24, 2.45) is 0 Å². The summed E-state index contributed by atoms with van der Waals surface area (Å²) in [6.45, 7) is -0.605. The third kappa shape index (κ3) is 2.51. The average Bonchev–Trinajstić information content (AvgIpc) is 2.94. The maximum atomic E-state index is 10.0. The number of rotatable bonds is 3. The van der Waals surface area contributed by atoms with Crippen molar-refractivity contribution in [2.45, 2.75) is 29.1 Å². The van der Waals surface area contributed by atoms with Gasteiger partial charge in [0.25, 0.3) is 0 Å². The summed E-state index contributed by atoms with van der Waals surface area (Å²) >= 11 is 3.04. The Labute approximate surface area is 134 Å². The zero-order valence-electron chi connectivity index (χ0n) is 11.4. The molecule has 1 aliphatic rings. The number of alkyl halides is 1. The van der Waals surface area contributed by atoms with E-state index in [1.165, 1.54) is 0 Å². The molecule has 8 heteroatoms. The van der Waals surface area contributed by atoms with Crippen LogP contribution in [0.2, 0.25) is 0 Å². The summed E-state index contributed by atoms with van der Waals surface area (Å²) in [5.41, 5.74) is 0.843. The molecule has 0 bridgehead atoms. The second-order valence-corrected chi connectivity index (χ2v) is 6.52. The van der Waals surface area contributed by atoms with E-state index in [9.17, 15) is 20.4 Å². The Kier molecular flexibility index (Phi) is 4.15. The number of para-hydroxylation sites is 1. The van der Waals surface area contributed by atoms with Crippen molar-refractivity contribution in [3.8, 4) is 5.75 Å². The summed E-state index contributed by atoms with van der Waals surface area (Å²) < 4.78 is 9.42. The normalized spacial score (nSPS) is 35.7. The molecule has 0 amide bonds. The van der Waals surface area contributed by atoms with E-state index in [-0.39, 0.29) is 0 Å². The lowest BCUT2D eigenvalue weighted by Crippen LogP contribution is -2.64. The minimum Gasteiger partial charge on any atom is -0.460 e. The molecular formula is C14H16BrNO6. The van der Waals surface area contributed by atoms with Gasteiger partial charge in [0.1, 0.15) is 24.1 Å². The van der Waals surface area contributed by atoms with E-state index in [0.29, 0.717) is 5.75 Å². The molecule has 0 aliphatic carbocycles. The fraction of sp³-hybridized carbons (Fsp3) is 0.429.